The van der Waals surface area contributed by atoms with Crippen LogP contribution in [-0.4, -0.2) is 24.0 Å². The highest BCUT2D eigenvalue weighted by Crippen LogP contribution is 2.30. The summed E-state index contributed by atoms with van der Waals surface area (Å²) in [5.41, 5.74) is 1.09. The molecule has 0 bridgehead atoms. The number of carbonyl (C=O) groups is 1. The molecule has 0 saturated carbocycles. The molecule has 0 unspecified atom stereocenters. The van der Waals surface area contributed by atoms with Crippen LogP contribution in [-0.2, 0) is 22.9 Å². The summed E-state index contributed by atoms with van der Waals surface area (Å²) in [6.45, 7) is 1.59. The van der Waals surface area contributed by atoms with Crippen LogP contribution in [0.3, 0.4) is 0 Å². The van der Waals surface area contributed by atoms with Crippen molar-refractivity contribution in [1.82, 2.24) is 9.78 Å². The Morgan fingerprint density at radius 3 is 2.46 bits per heavy atom. The quantitative estimate of drug-likeness (QED) is 0.426. The van der Waals surface area contributed by atoms with Crippen LogP contribution in [0.15, 0.2) is 48.5 Å². The molecule has 3 rings (SSSR count). The van der Waals surface area contributed by atoms with Crippen LogP contribution in [0.2, 0.25) is 10.0 Å². The number of rotatable bonds is 6. The summed E-state index contributed by atoms with van der Waals surface area (Å²) in [6.07, 6.45) is 0. The van der Waals surface area contributed by atoms with E-state index in [0.29, 0.717) is 16.3 Å². The Labute approximate surface area is 172 Å². The van der Waals surface area contributed by atoms with Crippen molar-refractivity contribution < 1.29 is 17.4 Å². The van der Waals surface area contributed by atoms with Crippen molar-refractivity contribution in [3.05, 3.63) is 81.0 Å². The van der Waals surface area contributed by atoms with Crippen molar-refractivity contribution in [3.63, 3.8) is 0 Å². The van der Waals surface area contributed by atoms with Crippen LogP contribution in [0, 0.1) is 6.92 Å². The highest BCUT2D eigenvalue weighted by Gasteiger charge is 2.28. The van der Waals surface area contributed by atoms with Gasteiger partial charge in [0.15, 0.2) is 0 Å². The molecule has 146 valence electrons. The molecular formula is C19H16Cl2N2O4S. The lowest BCUT2D eigenvalue weighted by Gasteiger charge is -2.10. The van der Waals surface area contributed by atoms with E-state index in [1.807, 2.05) is 0 Å². The zero-order chi connectivity index (χ0) is 20.5. The molecule has 0 N–H and O–H groups in total. The average Bonchev–Trinajstić information content (AvgIpc) is 2.87. The summed E-state index contributed by atoms with van der Waals surface area (Å²) >= 11 is 12.0. The molecule has 9 heteroatoms. The highest BCUT2D eigenvalue weighted by atomic mass is 35.5. The van der Waals surface area contributed by atoms with Gasteiger partial charge in [0.25, 0.3) is 0 Å². The molecule has 6 nitrogen and oxygen atoms in total. The van der Waals surface area contributed by atoms with E-state index in [0.717, 1.165) is 0 Å². The maximum absolute atomic E-state index is 13.0. The number of aromatic nitrogens is 2. The second-order valence-electron chi connectivity index (χ2n) is 6.11. The van der Waals surface area contributed by atoms with Gasteiger partial charge in [-0.3, -0.25) is 4.79 Å². The van der Waals surface area contributed by atoms with Crippen LogP contribution in [0.25, 0.3) is 0 Å². The molecule has 0 radical (unpaired) electrons. The first-order valence-corrected chi connectivity index (χ1v) is 10.5. The number of aryl methyl sites for hydroxylation is 2. The van der Waals surface area contributed by atoms with E-state index in [9.17, 15) is 13.2 Å². The Morgan fingerprint density at radius 1 is 1.14 bits per heavy atom. The predicted molar refractivity (Wildman–Crippen MR) is 108 cm³/mol. The Kier molecular flexibility index (Phi) is 5.79. The fourth-order valence-corrected chi connectivity index (χ4v) is 4.32. The molecule has 3 aromatic rings. The molecule has 0 spiro atoms. The maximum atomic E-state index is 13.0. The number of ketones is 1. The first kappa shape index (κ1) is 20.4. The average molecular weight is 439 g/mol. The molecule has 1 heterocycles. The van der Waals surface area contributed by atoms with Gasteiger partial charge in [0.1, 0.15) is 11.3 Å². The molecule has 1 aromatic heterocycles. The second-order valence-corrected chi connectivity index (χ2v) is 8.53. The third-order valence-corrected chi connectivity index (χ3v) is 5.61. The lowest BCUT2D eigenvalue weighted by molar-refractivity contribution is 0.103. The van der Waals surface area contributed by atoms with E-state index >= 15 is 0 Å². The number of hydrogen-bond acceptors (Lipinski definition) is 5. The van der Waals surface area contributed by atoms with E-state index in [4.69, 9.17) is 27.4 Å². The minimum Gasteiger partial charge on any atom is -0.361 e. The number of benzene rings is 2. The normalized spacial score (nSPS) is 11.4. The van der Waals surface area contributed by atoms with Gasteiger partial charge in [-0.15, -0.1) is 0 Å². The number of nitrogens with zero attached hydrogens (tertiary/aromatic N) is 2. The van der Waals surface area contributed by atoms with Crippen molar-refractivity contribution in [3.8, 4) is 5.88 Å². The van der Waals surface area contributed by atoms with Crippen LogP contribution in [0.1, 0.15) is 27.2 Å². The second kappa shape index (κ2) is 7.95. The molecule has 0 atom stereocenters. The molecule has 28 heavy (non-hydrogen) atoms. The minimum atomic E-state index is -4.02. The van der Waals surface area contributed by atoms with Crippen LogP contribution >= 0.6 is 23.2 Å². The number of hydrogen-bond donors (Lipinski definition) is 0. The topological polar surface area (TPSA) is 78.3 Å². The molecule has 0 aliphatic rings. The molecule has 0 aliphatic heterocycles. The SMILES string of the molecule is Cc1nn(C)c(OS(=O)(=O)Cc2ccccc2)c1C(=O)c1ccc(Cl)cc1Cl. The highest BCUT2D eigenvalue weighted by molar-refractivity contribution is 7.86. The van der Waals surface area contributed by atoms with Gasteiger partial charge in [-0.25, -0.2) is 4.68 Å². The van der Waals surface area contributed by atoms with Gasteiger partial charge in [-0.05, 0) is 30.7 Å². The van der Waals surface area contributed by atoms with Gasteiger partial charge in [0.05, 0.1) is 10.7 Å². The van der Waals surface area contributed by atoms with Gasteiger partial charge in [-0.2, -0.15) is 13.5 Å². The summed E-state index contributed by atoms with van der Waals surface area (Å²) in [5, 5.41) is 4.67. The zero-order valence-corrected chi connectivity index (χ0v) is 17.3. The van der Waals surface area contributed by atoms with Crippen LogP contribution in [0.5, 0.6) is 5.88 Å². The molecular weight excluding hydrogens is 423 g/mol. The summed E-state index contributed by atoms with van der Waals surface area (Å²) in [4.78, 5) is 13.0. The standard InChI is InChI=1S/C19H16Cl2N2O4S/c1-12-17(18(24)15-9-8-14(20)10-16(15)21)19(23(2)22-12)27-28(25,26)11-13-6-4-3-5-7-13/h3-10H,11H2,1-2H3. The number of carbonyl (C=O) groups excluding carboxylic acids is 1. The third-order valence-electron chi connectivity index (χ3n) is 3.96. The van der Waals surface area contributed by atoms with E-state index in [2.05, 4.69) is 5.10 Å². The number of halogens is 2. The summed E-state index contributed by atoms with van der Waals surface area (Å²) in [6, 6.07) is 13.0. The lowest BCUT2D eigenvalue weighted by Crippen LogP contribution is -2.16. The van der Waals surface area contributed by atoms with E-state index in [1.165, 1.54) is 29.9 Å². The maximum Gasteiger partial charge on any atom is 0.314 e. The lowest BCUT2D eigenvalue weighted by atomic mass is 10.0. The van der Waals surface area contributed by atoms with Gasteiger partial charge < -0.3 is 4.18 Å². The molecule has 0 amide bonds. The third kappa shape index (κ3) is 4.38. The van der Waals surface area contributed by atoms with Crippen LogP contribution in [0.4, 0.5) is 0 Å². The van der Waals surface area contributed by atoms with Crippen molar-refractivity contribution in [2.45, 2.75) is 12.7 Å². The van der Waals surface area contributed by atoms with Crippen molar-refractivity contribution in [2.75, 3.05) is 0 Å². The van der Waals surface area contributed by atoms with Crippen molar-refractivity contribution >= 4 is 39.1 Å². The Hall–Kier alpha value is -2.35. The van der Waals surface area contributed by atoms with E-state index < -0.39 is 15.9 Å². The minimum absolute atomic E-state index is 0.0309. The monoisotopic (exact) mass is 438 g/mol. The van der Waals surface area contributed by atoms with Gasteiger partial charge in [-0.1, -0.05) is 53.5 Å². The molecule has 0 aliphatic carbocycles. The van der Waals surface area contributed by atoms with Crippen molar-refractivity contribution in [2.24, 2.45) is 7.05 Å². The Morgan fingerprint density at radius 2 is 1.82 bits per heavy atom. The largest absolute Gasteiger partial charge is 0.361 e. The Bertz CT molecular complexity index is 1140. The fourth-order valence-electron chi connectivity index (χ4n) is 2.73. The fraction of sp³-hybridized carbons (Fsp3) is 0.158. The summed E-state index contributed by atoms with van der Waals surface area (Å²) in [5.74, 6) is -1.01. The van der Waals surface area contributed by atoms with Crippen molar-refractivity contribution in [1.29, 1.82) is 0 Å². The van der Waals surface area contributed by atoms with E-state index in [-0.39, 0.29) is 27.8 Å². The van der Waals surface area contributed by atoms with Gasteiger partial charge >= 0.3 is 10.1 Å². The molecule has 0 fully saturated rings. The van der Waals surface area contributed by atoms with Crippen LogP contribution < -0.4 is 4.18 Å². The van der Waals surface area contributed by atoms with E-state index in [1.54, 1.807) is 37.3 Å². The molecule has 2 aromatic carbocycles. The smallest absolute Gasteiger partial charge is 0.314 e. The summed E-state index contributed by atoms with van der Waals surface area (Å²) in [7, 11) is -2.52. The van der Waals surface area contributed by atoms with Gasteiger partial charge in [0, 0.05) is 17.6 Å². The predicted octanol–water partition coefficient (Wildman–Crippen LogP) is 4.18. The zero-order valence-electron chi connectivity index (χ0n) is 15.0. The first-order chi connectivity index (χ1) is 13.2. The Balaban J connectivity index is 1.98. The summed E-state index contributed by atoms with van der Waals surface area (Å²) < 4.78 is 31.6. The molecule has 0 saturated heterocycles. The van der Waals surface area contributed by atoms with Gasteiger partial charge in [0.2, 0.25) is 11.7 Å². The first-order valence-electron chi connectivity index (χ1n) is 8.17.